The van der Waals surface area contributed by atoms with Crippen LogP contribution >= 0.6 is 0 Å². The van der Waals surface area contributed by atoms with Crippen LogP contribution in [0, 0.1) is 0 Å². The number of esters is 1. The number of cyclic esters (lactones) is 1. The maximum Gasteiger partial charge on any atom is 0.329 e. The summed E-state index contributed by atoms with van der Waals surface area (Å²) in [4.78, 5) is 26.1. The normalized spacial score (nSPS) is 17.1. The molecule has 114 valence electrons. The van der Waals surface area contributed by atoms with Gasteiger partial charge in [0, 0.05) is 6.42 Å². The highest BCUT2D eigenvalue weighted by atomic mass is 16.5. The molecule has 0 spiro atoms. The third-order valence-corrected chi connectivity index (χ3v) is 3.51. The summed E-state index contributed by atoms with van der Waals surface area (Å²) >= 11 is 0. The molecule has 0 bridgehead atoms. The van der Waals surface area contributed by atoms with E-state index in [9.17, 15) is 9.59 Å². The van der Waals surface area contributed by atoms with Crippen LogP contribution in [-0.4, -0.2) is 31.6 Å². The first-order chi connectivity index (χ1) is 10.7. The van der Waals surface area contributed by atoms with Gasteiger partial charge in [0.1, 0.15) is 11.8 Å². The highest BCUT2D eigenvalue weighted by Crippen LogP contribution is 2.33. The van der Waals surface area contributed by atoms with Gasteiger partial charge in [0.05, 0.1) is 25.7 Å². The Morgan fingerprint density at radius 1 is 1.27 bits per heavy atom. The van der Waals surface area contributed by atoms with Crippen LogP contribution in [0.5, 0.6) is 5.75 Å². The first-order valence-corrected chi connectivity index (χ1v) is 6.89. The first-order valence-electron chi connectivity index (χ1n) is 6.89. The Morgan fingerprint density at radius 2 is 2.09 bits per heavy atom. The summed E-state index contributed by atoms with van der Waals surface area (Å²) in [6.45, 7) is 0.292. The zero-order chi connectivity index (χ0) is 15.5. The van der Waals surface area contributed by atoms with Crippen LogP contribution in [0.25, 0.3) is 0 Å². The molecule has 22 heavy (non-hydrogen) atoms. The van der Waals surface area contributed by atoms with E-state index in [2.05, 4.69) is 0 Å². The molecule has 0 saturated carbocycles. The smallest absolute Gasteiger partial charge is 0.329 e. The molecule has 1 unspecified atom stereocenters. The van der Waals surface area contributed by atoms with Crippen molar-refractivity contribution in [3.05, 3.63) is 48.4 Å². The van der Waals surface area contributed by atoms with Crippen LogP contribution in [0.15, 0.2) is 47.1 Å². The van der Waals surface area contributed by atoms with E-state index >= 15 is 0 Å². The highest BCUT2D eigenvalue weighted by molar-refractivity contribution is 6.08. The first kappa shape index (κ1) is 14.2. The third-order valence-electron chi connectivity index (χ3n) is 3.51. The van der Waals surface area contributed by atoms with Gasteiger partial charge >= 0.3 is 5.97 Å². The van der Waals surface area contributed by atoms with Crippen molar-refractivity contribution in [3.63, 3.8) is 0 Å². The number of benzene rings is 1. The lowest BCUT2D eigenvalue weighted by molar-refractivity contribution is -0.139. The van der Waals surface area contributed by atoms with Crippen LogP contribution in [0.1, 0.15) is 17.0 Å². The average Bonchev–Trinajstić information content (AvgIpc) is 3.20. The summed E-state index contributed by atoms with van der Waals surface area (Å²) in [5.74, 6) is -0.170. The number of rotatable bonds is 4. The van der Waals surface area contributed by atoms with Crippen LogP contribution in [0.3, 0.4) is 0 Å². The van der Waals surface area contributed by atoms with E-state index in [1.807, 2.05) is 0 Å². The van der Waals surface area contributed by atoms with Crippen LogP contribution in [0.2, 0.25) is 0 Å². The summed E-state index contributed by atoms with van der Waals surface area (Å²) in [5, 5.41) is 0. The lowest BCUT2D eigenvalue weighted by Gasteiger charge is -2.27. The number of furan rings is 1. The van der Waals surface area contributed by atoms with Crippen molar-refractivity contribution >= 4 is 17.6 Å². The maximum atomic E-state index is 12.8. The van der Waals surface area contributed by atoms with E-state index in [0.717, 1.165) is 0 Å². The molecule has 1 saturated heterocycles. The molecule has 1 amide bonds. The van der Waals surface area contributed by atoms with E-state index in [1.54, 1.807) is 36.4 Å². The number of amides is 1. The monoisotopic (exact) mass is 301 g/mol. The van der Waals surface area contributed by atoms with E-state index in [1.165, 1.54) is 18.3 Å². The van der Waals surface area contributed by atoms with E-state index in [0.29, 0.717) is 24.5 Å². The number of ether oxygens (including phenoxy) is 2. The fraction of sp³-hybridized carbons (Fsp3) is 0.250. The molecular formula is C16H15NO5. The van der Waals surface area contributed by atoms with Crippen molar-refractivity contribution < 1.29 is 23.5 Å². The minimum Gasteiger partial charge on any atom is -0.495 e. The fourth-order valence-corrected chi connectivity index (χ4v) is 2.49. The Morgan fingerprint density at radius 3 is 2.73 bits per heavy atom. The van der Waals surface area contributed by atoms with Gasteiger partial charge < -0.3 is 13.9 Å². The van der Waals surface area contributed by atoms with Gasteiger partial charge in [-0.15, -0.1) is 0 Å². The average molecular weight is 301 g/mol. The van der Waals surface area contributed by atoms with Gasteiger partial charge in [-0.05, 0) is 24.3 Å². The van der Waals surface area contributed by atoms with Crippen molar-refractivity contribution in [3.8, 4) is 5.75 Å². The molecule has 3 rings (SSSR count). The fourth-order valence-electron chi connectivity index (χ4n) is 2.49. The predicted octanol–water partition coefficient (Wildman–Crippen LogP) is 2.25. The molecule has 1 aliphatic rings. The number of anilines is 1. The van der Waals surface area contributed by atoms with Crippen molar-refractivity contribution in [2.24, 2.45) is 0 Å². The van der Waals surface area contributed by atoms with Gasteiger partial charge in [0.2, 0.25) is 0 Å². The summed E-state index contributed by atoms with van der Waals surface area (Å²) in [6.07, 6.45) is 1.85. The summed E-state index contributed by atoms with van der Waals surface area (Å²) in [6, 6.07) is 9.54. The quantitative estimate of drug-likeness (QED) is 0.810. The maximum absolute atomic E-state index is 12.8. The summed E-state index contributed by atoms with van der Waals surface area (Å²) < 4.78 is 15.5. The topological polar surface area (TPSA) is 69.0 Å². The molecule has 2 aromatic rings. The van der Waals surface area contributed by atoms with Crippen molar-refractivity contribution in [1.82, 2.24) is 0 Å². The second-order valence-electron chi connectivity index (χ2n) is 4.80. The molecule has 1 aromatic heterocycles. The highest BCUT2D eigenvalue weighted by Gasteiger charge is 2.38. The molecule has 0 aliphatic carbocycles. The molecule has 2 heterocycles. The van der Waals surface area contributed by atoms with Crippen molar-refractivity contribution in [2.75, 3.05) is 18.6 Å². The van der Waals surface area contributed by atoms with Crippen LogP contribution in [0.4, 0.5) is 5.69 Å². The Bertz CT molecular complexity index is 680. The van der Waals surface area contributed by atoms with Gasteiger partial charge in [-0.2, -0.15) is 0 Å². The zero-order valence-electron chi connectivity index (χ0n) is 12.0. The Kier molecular flexibility index (Phi) is 3.82. The van der Waals surface area contributed by atoms with Gasteiger partial charge in [0.25, 0.3) is 5.91 Å². The van der Waals surface area contributed by atoms with E-state index in [-0.39, 0.29) is 5.76 Å². The number of hydrogen-bond acceptors (Lipinski definition) is 5. The molecule has 1 atom stereocenters. The van der Waals surface area contributed by atoms with Crippen LogP contribution < -0.4 is 9.64 Å². The molecule has 0 radical (unpaired) electrons. The molecular weight excluding hydrogens is 286 g/mol. The Hall–Kier alpha value is -2.76. The van der Waals surface area contributed by atoms with Gasteiger partial charge in [-0.25, -0.2) is 4.79 Å². The molecule has 6 heteroatoms. The SMILES string of the molecule is COc1ccccc1N(C(=O)c1ccco1)C1CCOC1=O. The van der Waals surface area contributed by atoms with Gasteiger partial charge in [-0.3, -0.25) is 9.69 Å². The minimum absolute atomic E-state index is 0.158. The third kappa shape index (κ3) is 2.43. The Balaban J connectivity index is 2.06. The Labute approximate surface area is 127 Å². The molecule has 1 aromatic carbocycles. The lowest BCUT2D eigenvalue weighted by Crippen LogP contribution is -2.43. The van der Waals surface area contributed by atoms with E-state index in [4.69, 9.17) is 13.9 Å². The van der Waals surface area contributed by atoms with Crippen LogP contribution in [-0.2, 0) is 9.53 Å². The number of para-hydroxylation sites is 2. The second kappa shape index (κ2) is 5.93. The van der Waals surface area contributed by atoms with Gasteiger partial charge in [0.15, 0.2) is 5.76 Å². The molecule has 0 N–H and O–H groups in total. The zero-order valence-corrected chi connectivity index (χ0v) is 12.0. The van der Waals surface area contributed by atoms with Gasteiger partial charge in [-0.1, -0.05) is 12.1 Å². The molecule has 6 nitrogen and oxygen atoms in total. The predicted molar refractivity (Wildman–Crippen MR) is 77.9 cm³/mol. The number of carbonyl (C=O) groups is 2. The van der Waals surface area contributed by atoms with Crippen molar-refractivity contribution in [2.45, 2.75) is 12.5 Å². The summed E-state index contributed by atoms with van der Waals surface area (Å²) in [7, 11) is 1.52. The second-order valence-corrected chi connectivity index (χ2v) is 4.80. The number of methoxy groups -OCH3 is 1. The standard InChI is InChI=1S/C16H15NO5/c1-20-13-6-3-2-5-11(13)17(12-8-10-22-16(12)19)15(18)14-7-4-9-21-14/h2-7,9,12H,8,10H2,1H3. The molecule has 1 fully saturated rings. The number of carbonyl (C=O) groups excluding carboxylic acids is 2. The summed E-state index contributed by atoms with van der Waals surface area (Å²) in [5.41, 5.74) is 0.509. The largest absolute Gasteiger partial charge is 0.495 e. The minimum atomic E-state index is -0.686. The molecule has 1 aliphatic heterocycles. The van der Waals surface area contributed by atoms with Crippen molar-refractivity contribution in [1.29, 1.82) is 0 Å². The number of hydrogen-bond donors (Lipinski definition) is 0. The lowest BCUT2D eigenvalue weighted by atomic mass is 10.1. The number of nitrogens with zero attached hydrogens (tertiary/aromatic N) is 1. The van der Waals surface area contributed by atoms with E-state index < -0.39 is 17.9 Å².